The molecule has 1 atom stereocenters. The Balaban J connectivity index is 1.93. The van der Waals surface area contributed by atoms with Gasteiger partial charge in [-0.2, -0.15) is 5.10 Å². The number of fused-ring (bicyclic) bond motifs is 1. The summed E-state index contributed by atoms with van der Waals surface area (Å²) in [5, 5.41) is 7.97. The molecule has 0 aliphatic carbocycles. The molecule has 0 fully saturated rings. The van der Waals surface area contributed by atoms with Crippen LogP contribution < -0.4 is 5.32 Å². The molecule has 2 rings (SSSR count). The van der Waals surface area contributed by atoms with Crippen molar-refractivity contribution < 1.29 is 4.74 Å². The first kappa shape index (κ1) is 15.9. The number of nitrogens with one attached hydrogen (secondary N) is 1. The highest BCUT2D eigenvalue weighted by atomic mass is 16.5. The maximum atomic E-state index is 5.57. The van der Waals surface area contributed by atoms with E-state index in [1.165, 1.54) is 12.0 Å². The molecule has 0 radical (unpaired) electrons. The van der Waals surface area contributed by atoms with E-state index < -0.39 is 0 Å². The Bertz CT molecular complexity index is 579. The molecule has 21 heavy (non-hydrogen) atoms. The average Bonchev–Trinajstić information content (AvgIpc) is 2.84. The largest absolute Gasteiger partial charge is 0.380 e. The third-order valence-electron chi connectivity index (χ3n) is 3.69. The maximum absolute atomic E-state index is 5.57. The van der Waals surface area contributed by atoms with Gasteiger partial charge >= 0.3 is 0 Å². The molecule has 0 aliphatic rings. The number of aryl methyl sites for hydroxylation is 2. The maximum Gasteiger partial charge on any atom is 0.155 e. The fraction of sp³-hybridized carbons (Fsp3) is 0.625. The van der Waals surface area contributed by atoms with E-state index in [2.05, 4.69) is 36.2 Å². The van der Waals surface area contributed by atoms with Gasteiger partial charge in [-0.1, -0.05) is 13.3 Å². The summed E-state index contributed by atoms with van der Waals surface area (Å²) in [6, 6.07) is 2.23. The van der Waals surface area contributed by atoms with Gasteiger partial charge in [0.25, 0.3) is 0 Å². The van der Waals surface area contributed by atoms with Gasteiger partial charge in [0.1, 0.15) is 0 Å². The van der Waals surface area contributed by atoms with Crippen LogP contribution in [0, 0.1) is 13.8 Å². The third kappa shape index (κ3) is 4.02. The number of ether oxygens (including phenoxy) is 1. The molecule has 5 nitrogen and oxygen atoms in total. The Morgan fingerprint density at radius 3 is 2.90 bits per heavy atom. The first-order chi connectivity index (χ1) is 10.1. The summed E-state index contributed by atoms with van der Waals surface area (Å²) in [7, 11) is 0. The minimum absolute atomic E-state index is 0.237. The highest BCUT2D eigenvalue weighted by Crippen LogP contribution is 2.17. The van der Waals surface area contributed by atoms with E-state index in [9.17, 15) is 0 Å². The van der Waals surface area contributed by atoms with Gasteiger partial charge in [0, 0.05) is 42.7 Å². The Morgan fingerprint density at radius 2 is 2.14 bits per heavy atom. The zero-order valence-corrected chi connectivity index (χ0v) is 13.5. The first-order valence-corrected chi connectivity index (χ1v) is 7.76. The van der Waals surface area contributed by atoms with Crippen LogP contribution in [-0.4, -0.2) is 34.4 Å². The van der Waals surface area contributed by atoms with Gasteiger partial charge in [0.15, 0.2) is 5.65 Å². The molecule has 0 amide bonds. The van der Waals surface area contributed by atoms with Gasteiger partial charge in [-0.25, -0.2) is 9.50 Å². The molecule has 0 aromatic carbocycles. The number of hydrogen-bond donors (Lipinski definition) is 1. The van der Waals surface area contributed by atoms with Crippen LogP contribution in [0.3, 0.4) is 0 Å². The lowest BCUT2D eigenvalue weighted by Crippen LogP contribution is -2.24. The summed E-state index contributed by atoms with van der Waals surface area (Å²) in [5.41, 5.74) is 4.22. The molecule has 0 saturated heterocycles. The molecule has 0 saturated carbocycles. The van der Waals surface area contributed by atoms with E-state index in [0.29, 0.717) is 0 Å². The van der Waals surface area contributed by atoms with Gasteiger partial charge < -0.3 is 10.1 Å². The van der Waals surface area contributed by atoms with Crippen molar-refractivity contribution in [2.75, 3.05) is 19.8 Å². The van der Waals surface area contributed by atoms with Crippen molar-refractivity contribution in [1.82, 2.24) is 19.9 Å². The Hall–Kier alpha value is -1.46. The summed E-state index contributed by atoms with van der Waals surface area (Å²) >= 11 is 0. The second-order valence-electron chi connectivity index (χ2n) is 5.50. The van der Waals surface area contributed by atoms with E-state index in [1.54, 1.807) is 0 Å². The highest BCUT2D eigenvalue weighted by molar-refractivity contribution is 5.42. The second-order valence-corrected chi connectivity index (χ2v) is 5.50. The third-order valence-corrected chi connectivity index (χ3v) is 3.69. The number of rotatable bonds is 8. The lowest BCUT2D eigenvalue weighted by Gasteiger charge is -2.16. The van der Waals surface area contributed by atoms with Crippen molar-refractivity contribution >= 4 is 5.65 Å². The first-order valence-electron chi connectivity index (χ1n) is 7.76. The standard InChI is InChI=1S/C16H26N4O/c1-5-6-8-21-9-7-17-13(3)15-11-18-16-10-12(2)19-20(16)14(15)4/h10-11,13,17H,5-9H2,1-4H3. The fourth-order valence-electron chi connectivity index (χ4n) is 2.41. The van der Waals surface area contributed by atoms with Crippen LogP contribution in [0.2, 0.25) is 0 Å². The number of aromatic nitrogens is 3. The monoisotopic (exact) mass is 290 g/mol. The zero-order valence-electron chi connectivity index (χ0n) is 13.5. The van der Waals surface area contributed by atoms with Crippen LogP contribution in [-0.2, 0) is 4.74 Å². The van der Waals surface area contributed by atoms with Crippen molar-refractivity contribution in [2.45, 2.75) is 46.6 Å². The molecule has 2 aromatic heterocycles. The van der Waals surface area contributed by atoms with Gasteiger partial charge in [-0.15, -0.1) is 0 Å². The van der Waals surface area contributed by atoms with Crippen LogP contribution in [0.5, 0.6) is 0 Å². The van der Waals surface area contributed by atoms with Gasteiger partial charge in [-0.05, 0) is 27.2 Å². The van der Waals surface area contributed by atoms with Crippen LogP contribution in [0.1, 0.15) is 49.7 Å². The molecule has 0 aliphatic heterocycles. The summed E-state index contributed by atoms with van der Waals surface area (Å²) < 4.78 is 7.49. The molecule has 2 heterocycles. The molecule has 1 unspecified atom stereocenters. The predicted molar refractivity (Wildman–Crippen MR) is 84.6 cm³/mol. The number of hydrogen-bond acceptors (Lipinski definition) is 4. The van der Waals surface area contributed by atoms with E-state index in [0.717, 1.165) is 43.2 Å². The minimum Gasteiger partial charge on any atom is -0.380 e. The minimum atomic E-state index is 0.237. The summed E-state index contributed by atoms with van der Waals surface area (Å²) in [6.45, 7) is 10.9. The molecule has 5 heteroatoms. The van der Waals surface area contributed by atoms with E-state index >= 15 is 0 Å². The average molecular weight is 290 g/mol. The quantitative estimate of drug-likeness (QED) is 0.760. The molecule has 2 aromatic rings. The Kier molecular flexibility index (Phi) is 5.70. The molecule has 0 spiro atoms. The normalized spacial score (nSPS) is 13.0. The topological polar surface area (TPSA) is 51.5 Å². The molecule has 1 N–H and O–H groups in total. The van der Waals surface area contributed by atoms with Crippen LogP contribution in [0.4, 0.5) is 0 Å². The van der Waals surface area contributed by atoms with Crippen molar-refractivity contribution in [3.8, 4) is 0 Å². The highest BCUT2D eigenvalue weighted by Gasteiger charge is 2.12. The van der Waals surface area contributed by atoms with Crippen LogP contribution in [0.25, 0.3) is 5.65 Å². The van der Waals surface area contributed by atoms with Crippen LogP contribution >= 0.6 is 0 Å². The lowest BCUT2D eigenvalue weighted by atomic mass is 10.1. The summed E-state index contributed by atoms with van der Waals surface area (Å²) in [4.78, 5) is 4.48. The van der Waals surface area contributed by atoms with Gasteiger partial charge in [0.05, 0.1) is 12.3 Å². The Morgan fingerprint density at radius 1 is 1.33 bits per heavy atom. The van der Waals surface area contributed by atoms with Crippen molar-refractivity contribution in [3.05, 3.63) is 29.2 Å². The van der Waals surface area contributed by atoms with E-state index in [1.807, 2.05) is 23.7 Å². The van der Waals surface area contributed by atoms with Crippen molar-refractivity contribution in [1.29, 1.82) is 0 Å². The molecule has 0 bridgehead atoms. The van der Waals surface area contributed by atoms with Gasteiger partial charge in [0.2, 0.25) is 0 Å². The smallest absolute Gasteiger partial charge is 0.155 e. The summed E-state index contributed by atoms with van der Waals surface area (Å²) in [5.74, 6) is 0. The molecule has 116 valence electrons. The van der Waals surface area contributed by atoms with E-state index in [4.69, 9.17) is 4.74 Å². The lowest BCUT2D eigenvalue weighted by molar-refractivity contribution is 0.131. The number of nitrogens with zero attached hydrogens (tertiary/aromatic N) is 3. The predicted octanol–water partition coefficient (Wildman–Crippen LogP) is 2.81. The van der Waals surface area contributed by atoms with Crippen molar-refractivity contribution in [3.63, 3.8) is 0 Å². The SMILES string of the molecule is CCCCOCCNC(C)c1cnc2cc(C)nn2c1C. The Labute approximate surface area is 126 Å². The fourth-order valence-corrected chi connectivity index (χ4v) is 2.41. The van der Waals surface area contributed by atoms with Gasteiger partial charge in [-0.3, -0.25) is 0 Å². The van der Waals surface area contributed by atoms with E-state index in [-0.39, 0.29) is 6.04 Å². The van der Waals surface area contributed by atoms with Crippen LogP contribution in [0.15, 0.2) is 12.3 Å². The summed E-state index contributed by atoms with van der Waals surface area (Å²) in [6.07, 6.45) is 4.26. The number of unbranched alkanes of at least 4 members (excludes halogenated alkanes) is 1. The van der Waals surface area contributed by atoms with Crippen molar-refractivity contribution in [2.24, 2.45) is 0 Å². The zero-order chi connectivity index (χ0) is 15.2. The second kappa shape index (κ2) is 7.52. The molecular weight excluding hydrogens is 264 g/mol. The molecular formula is C16H26N4O.